The highest BCUT2D eigenvalue weighted by molar-refractivity contribution is 6.41. The summed E-state index contributed by atoms with van der Waals surface area (Å²) in [5.74, 6) is -0.304. The average Bonchev–Trinajstić information content (AvgIpc) is 0.947. The fourth-order valence-electron chi connectivity index (χ4n) is 16.0. The average molecular weight is 1650 g/mol. The smallest absolute Gasteiger partial charge is 0.256 e. The molecule has 0 fully saturated rings. The summed E-state index contributed by atoms with van der Waals surface area (Å²) in [6, 6.07) is 67.1. The summed E-state index contributed by atoms with van der Waals surface area (Å²) in [5, 5.41) is 11.5. The first-order valence-electron chi connectivity index (χ1n) is 39.3. The zero-order chi connectivity index (χ0) is 80.7. The number of H-pyrrole nitrogens is 2. The summed E-state index contributed by atoms with van der Waals surface area (Å²) >= 11 is 38.1. The van der Waals surface area contributed by atoms with Crippen molar-refractivity contribution in [3.05, 3.63) is 360 Å². The van der Waals surface area contributed by atoms with Crippen molar-refractivity contribution in [3.8, 4) is 0 Å². The summed E-state index contributed by atoms with van der Waals surface area (Å²) < 4.78 is 0. The van der Waals surface area contributed by atoms with E-state index in [1.165, 1.54) is 77.9 Å². The molecule has 0 saturated carbocycles. The van der Waals surface area contributed by atoms with Gasteiger partial charge in [-0.05, 0) is 236 Å². The van der Waals surface area contributed by atoms with Crippen molar-refractivity contribution in [2.45, 2.75) is 160 Å². The van der Waals surface area contributed by atoms with Crippen molar-refractivity contribution in [2.75, 3.05) is 21.4 Å². The van der Waals surface area contributed by atoms with Gasteiger partial charge < -0.3 is 20.6 Å². The maximum Gasteiger partial charge on any atom is 0.256 e. The predicted octanol–water partition coefficient (Wildman–Crippen LogP) is 23.0. The lowest BCUT2D eigenvalue weighted by Gasteiger charge is -2.22. The van der Waals surface area contributed by atoms with E-state index in [9.17, 15) is 0 Å². The van der Waals surface area contributed by atoms with E-state index < -0.39 is 0 Å². The molecule has 4 N–H and O–H groups in total. The van der Waals surface area contributed by atoms with Crippen LogP contribution >= 0.6 is 92.8 Å². The molecule has 12 bridgehead atoms. The van der Waals surface area contributed by atoms with Crippen LogP contribution in [0.25, 0.3) is 33.4 Å². The first-order valence-corrected chi connectivity index (χ1v) is 43.6. The number of aromatic nitrogens is 2. The van der Waals surface area contributed by atoms with Crippen LogP contribution in [0.5, 0.6) is 0 Å². The molecule has 0 aliphatic carbocycles. The van der Waals surface area contributed by atoms with Gasteiger partial charge in [-0.2, -0.15) is 0 Å². The molecule has 0 saturated heterocycles. The topological polar surface area (TPSA) is 89.8 Å². The summed E-state index contributed by atoms with van der Waals surface area (Å²) in [7, 11) is 0. The van der Waals surface area contributed by atoms with E-state index in [1.807, 2.05) is 12.1 Å². The first kappa shape index (κ1) is 88.0. The quantitative estimate of drug-likeness (QED) is 0.0645. The normalized spacial score (nSPS) is 13.2. The molecular weight excluding hydrogens is 1550 g/mol. The number of carbonyl (C=O) groups excluding carboxylic acids is 2. The summed E-state index contributed by atoms with van der Waals surface area (Å²) in [5.41, 5.74) is 34.7. The summed E-state index contributed by atoms with van der Waals surface area (Å²) in [6.07, 6.45) is 14.6. The van der Waals surface area contributed by atoms with Crippen LogP contribution in [0.4, 0.5) is 0 Å². The number of hydrogen-bond acceptors (Lipinski definition) is 2. The maximum atomic E-state index is 15.6. The lowest BCUT2D eigenvalue weighted by molar-refractivity contribution is -0.116. The Hall–Kier alpha value is -7.98. The Balaban J connectivity index is 0.00000113. The zero-order valence-electron chi connectivity index (χ0n) is 66.6. The highest BCUT2D eigenvalue weighted by Crippen LogP contribution is 2.42. The first-order chi connectivity index (χ1) is 54.5. The highest BCUT2D eigenvalue weighted by Gasteiger charge is 2.32. The van der Waals surface area contributed by atoms with Gasteiger partial charge in [-0.15, -0.1) is 92.8 Å². The van der Waals surface area contributed by atoms with Crippen molar-refractivity contribution < 1.29 is 9.59 Å². The molecule has 6 aliphatic heterocycles. The van der Waals surface area contributed by atoms with E-state index in [2.05, 4.69) is 286 Å². The van der Waals surface area contributed by atoms with E-state index in [-0.39, 0.29) is 33.2 Å². The highest BCUT2D eigenvalue weighted by atomic mass is 35.5. The van der Waals surface area contributed by atoms with E-state index in [1.54, 1.807) is 0 Å². The second-order valence-electron chi connectivity index (χ2n) is 27.4. The molecule has 2 amide bonds. The number of carbonyl (C=O) groups is 2. The van der Waals surface area contributed by atoms with Crippen molar-refractivity contribution in [1.29, 1.82) is 0 Å². The maximum absolute atomic E-state index is 15.6. The van der Waals surface area contributed by atoms with Gasteiger partial charge in [0.1, 0.15) is 0 Å². The van der Waals surface area contributed by atoms with Crippen LogP contribution in [0.2, 0.25) is 0 Å². The summed E-state index contributed by atoms with van der Waals surface area (Å²) in [4.78, 5) is 39.4. The molecule has 0 radical (unpaired) electrons. The predicted molar refractivity (Wildman–Crippen MR) is 483 cm³/mol. The minimum Gasteiger partial charge on any atom is -0.354 e. The van der Waals surface area contributed by atoms with E-state index in [4.69, 9.17) is 92.8 Å². The summed E-state index contributed by atoms with van der Waals surface area (Å²) in [6.45, 7) is 27.1. The third-order valence-electron chi connectivity index (χ3n) is 21.3. The van der Waals surface area contributed by atoms with Crippen LogP contribution < -0.4 is 32.0 Å². The van der Waals surface area contributed by atoms with Gasteiger partial charge in [0.15, 0.2) is 0 Å². The van der Waals surface area contributed by atoms with Gasteiger partial charge in [0, 0.05) is 54.8 Å². The zero-order valence-corrected chi connectivity index (χ0v) is 72.7. The van der Waals surface area contributed by atoms with Gasteiger partial charge in [-0.25, -0.2) is 0 Å². The van der Waals surface area contributed by atoms with Crippen LogP contribution in [0, 0.1) is 0 Å². The molecule has 0 atom stereocenters. The van der Waals surface area contributed by atoms with Gasteiger partial charge >= 0.3 is 0 Å². The fraction of sp³-hybridized carbons (Fsp3) is 0.286. The molecule has 16 rings (SSSR count). The number of amides is 2. The third-order valence-corrected chi connectivity index (χ3v) is 21.3. The SMILES string of the molecule is CCc1cc(CC)c(C2=C3C=C(C(=O)N3)C(c3ccccc3)=c3ccc([nH]3)=C(c3c(CC)cc(CC)cc3CC)c3ccc(cc3)C(c3c(CC)cc(CC)cc3CC)=C3C=C(C(=O)N3)C(c3ccccc3)=c3ccc([nH]3)=C(c3c(CC)cc(CC)cc3CC)c3ccc2cc3)c(CC)c1.ClCCl.ClCCl.ClCCl.ClCCl. The van der Waals surface area contributed by atoms with Gasteiger partial charge in [0.05, 0.1) is 43.9 Å². The molecule has 584 valence electrons. The molecule has 112 heavy (non-hydrogen) atoms. The van der Waals surface area contributed by atoms with Crippen molar-refractivity contribution in [1.82, 2.24) is 20.6 Å². The Labute approximate surface area is 704 Å². The number of aryl methyl sites for hydroxylation is 12. The largest absolute Gasteiger partial charge is 0.354 e. The van der Waals surface area contributed by atoms with Gasteiger partial charge in [0.2, 0.25) is 0 Å². The number of nitrogens with one attached hydrogen (secondary N) is 4. The molecule has 0 spiro atoms. The number of aromatic amines is 2. The number of alkyl halides is 8. The van der Waals surface area contributed by atoms with Gasteiger partial charge in [0.25, 0.3) is 11.8 Å². The second kappa shape index (κ2) is 42.9. The van der Waals surface area contributed by atoms with E-state index in [0.717, 1.165) is 188 Å². The number of hydrogen-bond donors (Lipinski definition) is 4. The molecule has 6 nitrogen and oxygen atoms in total. The molecule has 2 aromatic heterocycles. The lowest BCUT2D eigenvalue weighted by Crippen LogP contribution is -2.23. The van der Waals surface area contributed by atoms with Crippen LogP contribution in [0.15, 0.2) is 217 Å². The van der Waals surface area contributed by atoms with Crippen molar-refractivity contribution >= 4 is 138 Å². The van der Waals surface area contributed by atoms with Crippen molar-refractivity contribution in [2.24, 2.45) is 0 Å². The Bertz CT molecular complexity index is 4930. The second-order valence-corrected chi connectivity index (χ2v) is 30.6. The van der Waals surface area contributed by atoms with E-state index in [0.29, 0.717) is 11.1 Å². The number of allylic oxidation sites excluding steroid dienone is 2. The number of halogens is 8. The molecule has 0 unspecified atom stereocenters. The Kier molecular flexibility index (Phi) is 33.7. The minimum atomic E-state index is -0.152. The van der Waals surface area contributed by atoms with Gasteiger partial charge in [-0.1, -0.05) is 241 Å². The molecule has 8 aromatic carbocycles. The van der Waals surface area contributed by atoms with Crippen LogP contribution in [-0.2, 0) is 86.6 Å². The third kappa shape index (κ3) is 19.7. The minimum absolute atomic E-state index is 0.152. The van der Waals surface area contributed by atoms with Crippen molar-refractivity contribution in [3.63, 3.8) is 0 Å². The van der Waals surface area contributed by atoms with Crippen LogP contribution in [-0.4, -0.2) is 43.1 Å². The van der Waals surface area contributed by atoms with Crippen LogP contribution in [0.3, 0.4) is 0 Å². The monoisotopic (exact) mass is 1650 g/mol. The molecular formula is C98H104Cl8N4O2. The Morgan fingerprint density at radius 1 is 0.241 bits per heavy atom. The number of benzene rings is 8. The van der Waals surface area contributed by atoms with Gasteiger partial charge in [-0.3, -0.25) is 9.59 Å². The molecule has 10 aromatic rings. The van der Waals surface area contributed by atoms with E-state index >= 15 is 9.59 Å². The number of rotatable bonds is 18. The Morgan fingerprint density at radius 2 is 0.438 bits per heavy atom. The Morgan fingerprint density at radius 3 is 0.652 bits per heavy atom. The molecule has 8 heterocycles. The lowest BCUT2D eigenvalue weighted by atomic mass is 9.83. The molecule has 14 heteroatoms. The standard InChI is InChI=1S/C94H96N4O2.4CH2Cl2/c1-13-57-47-61(17-5)83(62(18-6)48-57)89-71-35-39-73(40-36-71)91(85-65(21-9)51-59(15-3)52-66(85)22-10)81-56-76(94(100)97-81)88(70-33-29-26-30-34-70)78-44-46-80(96-78)90(84-63(19-7)49-58(14-2)50-64(84)20-8)72-37-41-74(42-38-72)92(86-67(23-11)53-60(16-4)54-68(86)24-12)82-55-75(93(99)98-82)87(69-31-27-25-28-32-69)77-43-45-79(89)95-77;4*2-1-3/h25-56,95-96H,13-24H2,1-12H3,(H,97,100)(H,98,99);4*1H2. The molecule has 6 aliphatic rings. The fourth-order valence-corrected chi connectivity index (χ4v) is 16.0. The van der Waals surface area contributed by atoms with Crippen LogP contribution in [0.1, 0.15) is 205 Å².